The first-order valence-electron chi connectivity index (χ1n) is 21.6. The zero-order valence-corrected chi connectivity index (χ0v) is 35.6. The van der Waals surface area contributed by atoms with Gasteiger partial charge in [-0.1, -0.05) is 191 Å². The van der Waals surface area contributed by atoms with Crippen molar-refractivity contribution in [3.8, 4) is 33.4 Å². The van der Waals surface area contributed by atoms with Gasteiger partial charge < -0.3 is 4.90 Å². The highest BCUT2D eigenvalue weighted by molar-refractivity contribution is 7.99. The molecule has 1 heterocycles. The van der Waals surface area contributed by atoms with Crippen molar-refractivity contribution < 1.29 is 0 Å². The first-order valence-corrected chi connectivity index (χ1v) is 22.4. The molecule has 61 heavy (non-hydrogen) atoms. The smallest absolute Gasteiger partial charge is 0.0736 e. The van der Waals surface area contributed by atoms with Gasteiger partial charge in [-0.05, 0) is 120 Å². The van der Waals surface area contributed by atoms with E-state index in [0.29, 0.717) is 0 Å². The SMILES string of the molecule is CC1(C)c2ccccc2-c2ccc(N(c3ccc4c(c3)C(C)(C)c3ccccc3-4)c3cc4c(c5ccccc35)Sc3ccccc3C43c4ccccc4-c4ccccc43)cc21. The summed E-state index contributed by atoms with van der Waals surface area (Å²) < 4.78 is 0. The van der Waals surface area contributed by atoms with E-state index < -0.39 is 5.41 Å². The highest BCUT2D eigenvalue weighted by Crippen LogP contribution is 2.64. The summed E-state index contributed by atoms with van der Waals surface area (Å²) in [6, 6.07) is 71.7. The summed E-state index contributed by atoms with van der Waals surface area (Å²) >= 11 is 1.93. The van der Waals surface area contributed by atoms with Crippen molar-refractivity contribution in [1.29, 1.82) is 0 Å². The van der Waals surface area contributed by atoms with Gasteiger partial charge in [0.05, 0.1) is 11.1 Å². The third-order valence-electron chi connectivity index (χ3n) is 14.7. The van der Waals surface area contributed by atoms with Crippen molar-refractivity contribution in [1.82, 2.24) is 0 Å². The second kappa shape index (κ2) is 12.2. The molecule has 0 radical (unpaired) electrons. The molecule has 13 rings (SSSR count). The second-order valence-corrected chi connectivity index (χ2v) is 19.4. The molecule has 1 nitrogen and oxygen atoms in total. The Morgan fingerprint density at radius 3 is 1.30 bits per heavy atom. The number of hydrogen-bond donors (Lipinski definition) is 0. The predicted octanol–water partition coefficient (Wildman–Crippen LogP) is 15.7. The first-order chi connectivity index (χ1) is 29.8. The Morgan fingerprint density at radius 1 is 0.344 bits per heavy atom. The lowest BCUT2D eigenvalue weighted by molar-refractivity contribution is 0.660. The third kappa shape index (κ3) is 4.48. The van der Waals surface area contributed by atoms with Gasteiger partial charge in [0.25, 0.3) is 0 Å². The zero-order chi connectivity index (χ0) is 40.8. The van der Waals surface area contributed by atoms with Crippen LogP contribution >= 0.6 is 11.8 Å². The van der Waals surface area contributed by atoms with Crippen LogP contribution in [0.5, 0.6) is 0 Å². The van der Waals surface area contributed by atoms with E-state index in [0.717, 1.165) is 0 Å². The van der Waals surface area contributed by atoms with Crippen LogP contribution in [0.3, 0.4) is 0 Å². The van der Waals surface area contributed by atoms with Crippen LogP contribution in [0, 0.1) is 0 Å². The molecule has 1 aliphatic heterocycles. The van der Waals surface area contributed by atoms with Crippen LogP contribution in [0.1, 0.15) is 72.2 Å². The molecule has 9 aromatic rings. The van der Waals surface area contributed by atoms with Crippen molar-refractivity contribution in [2.45, 2.75) is 53.7 Å². The highest BCUT2D eigenvalue weighted by Gasteiger charge is 2.51. The number of rotatable bonds is 3. The monoisotopic (exact) mass is 797 g/mol. The number of fused-ring (bicyclic) bond motifs is 17. The Balaban J connectivity index is 1.14. The molecule has 2 heteroatoms. The lowest BCUT2D eigenvalue weighted by Gasteiger charge is -2.41. The molecule has 0 bridgehead atoms. The van der Waals surface area contributed by atoms with E-state index >= 15 is 0 Å². The molecule has 0 amide bonds. The normalized spacial score (nSPS) is 15.9. The van der Waals surface area contributed by atoms with Gasteiger partial charge in [0.15, 0.2) is 0 Å². The van der Waals surface area contributed by atoms with E-state index in [1.165, 1.54) is 116 Å². The average Bonchev–Trinajstić information content (AvgIpc) is 3.82. The van der Waals surface area contributed by atoms with E-state index in [-0.39, 0.29) is 10.8 Å². The van der Waals surface area contributed by atoms with Gasteiger partial charge in [0.1, 0.15) is 0 Å². The minimum atomic E-state index is -0.502. The van der Waals surface area contributed by atoms with Crippen molar-refractivity contribution in [2.75, 3.05) is 4.90 Å². The van der Waals surface area contributed by atoms with E-state index in [1.54, 1.807) is 0 Å². The lowest BCUT2D eigenvalue weighted by atomic mass is 9.67. The maximum atomic E-state index is 2.59. The molecule has 4 aliphatic rings. The summed E-state index contributed by atoms with van der Waals surface area (Å²) in [6.45, 7) is 9.57. The molecule has 290 valence electrons. The van der Waals surface area contributed by atoms with E-state index in [9.17, 15) is 0 Å². The first kappa shape index (κ1) is 35.2. The van der Waals surface area contributed by atoms with Crippen molar-refractivity contribution in [3.63, 3.8) is 0 Å². The molecule has 0 aromatic heterocycles. The Labute approximate surface area is 362 Å². The van der Waals surface area contributed by atoms with Crippen LogP contribution in [0.25, 0.3) is 44.2 Å². The van der Waals surface area contributed by atoms with Crippen molar-refractivity contribution >= 4 is 39.6 Å². The number of anilines is 3. The van der Waals surface area contributed by atoms with E-state index in [1.807, 2.05) is 11.8 Å². The maximum absolute atomic E-state index is 2.59. The molecule has 0 atom stereocenters. The van der Waals surface area contributed by atoms with Gasteiger partial charge in [0.2, 0.25) is 0 Å². The van der Waals surface area contributed by atoms with Crippen LogP contribution in [0.15, 0.2) is 198 Å². The standard InChI is InChI=1S/C59H43NS/c1-57(2)46-23-11-7-17-38(46)42-31-29-36(33-51(42)57)60(37-30-32-43-39-18-8-12-24-47(39)58(3,4)52(43)34-37)54-35-53-56(45-22-6-5-21-44(45)54)61-55-28-16-15-27-50(55)59(53)48-25-13-9-19-40(48)41-20-10-14-26-49(41)59/h5-35H,1-4H3. The summed E-state index contributed by atoms with van der Waals surface area (Å²) in [5.41, 5.74) is 21.6. The molecule has 0 saturated heterocycles. The lowest BCUT2D eigenvalue weighted by Crippen LogP contribution is -2.32. The summed E-state index contributed by atoms with van der Waals surface area (Å²) in [5, 5.41) is 2.53. The van der Waals surface area contributed by atoms with Gasteiger partial charge in [0, 0.05) is 37.4 Å². The highest BCUT2D eigenvalue weighted by atomic mass is 32.2. The fourth-order valence-corrected chi connectivity index (χ4v) is 13.2. The van der Waals surface area contributed by atoms with Crippen LogP contribution in [-0.4, -0.2) is 0 Å². The summed E-state index contributed by atoms with van der Waals surface area (Å²) in [5.74, 6) is 0. The summed E-state index contributed by atoms with van der Waals surface area (Å²) in [4.78, 5) is 5.24. The van der Waals surface area contributed by atoms with Gasteiger partial charge >= 0.3 is 0 Å². The zero-order valence-electron chi connectivity index (χ0n) is 34.8. The van der Waals surface area contributed by atoms with Crippen LogP contribution < -0.4 is 4.90 Å². The van der Waals surface area contributed by atoms with E-state index in [4.69, 9.17) is 0 Å². The molecule has 0 unspecified atom stereocenters. The minimum Gasteiger partial charge on any atom is -0.310 e. The Kier molecular flexibility index (Phi) is 7.06. The van der Waals surface area contributed by atoms with Crippen LogP contribution in [0.2, 0.25) is 0 Å². The molecular formula is C59H43NS. The second-order valence-electron chi connectivity index (χ2n) is 18.4. The van der Waals surface area contributed by atoms with Crippen LogP contribution in [0.4, 0.5) is 17.1 Å². The summed E-state index contributed by atoms with van der Waals surface area (Å²) in [6.07, 6.45) is 0. The molecule has 0 saturated carbocycles. The number of hydrogen-bond acceptors (Lipinski definition) is 2. The average molecular weight is 798 g/mol. The van der Waals surface area contributed by atoms with Gasteiger partial charge in [-0.25, -0.2) is 0 Å². The Morgan fingerprint density at radius 2 is 0.754 bits per heavy atom. The van der Waals surface area contributed by atoms with Crippen molar-refractivity contribution in [2.24, 2.45) is 0 Å². The molecule has 3 aliphatic carbocycles. The molecule has 9 aromatic carbocycles. The quantitative estimate of drug-likeness (QED) is 0.175. The summed E-state index contributed by atoms with van der Waals surface area (Å²) in [7, 11) is 0. The fourth-order valence-electron chi connectivity index (χ4n) is 11.9. The molecule has 1 spiro atoms. The minimum absolute atomic E-state index is 0.144. The molecular weight excluding hydrogens is 755 g/mol. The number of nitrogens with zero attached hydrogens (tertiary/aromatic N) is 1. The van der Waals surface area contributed by atoms with Crippen LogP contribution in [-0.2, 0) is 16.2 Å². The van der Waals surface area contributed by atoms with Crippen molar-refractivity contribution in [3.05, 3.63) is 233 Å². The van der Waals surface area contributed by atoms with Gasteiger partial charge in [-0.15, -0.1) is 0 Å². The fraction of sp³-hybridized carbons (Fsp3) is 0.119. The molecule has 0 fully saturated rings. The maximum Gasteiger partial charge on any atom is 0.0736 e. The third-order valence-corrected chi connectivity index (χ3v) is 15.9. The Hall–Kier alpha value is -6.61. The Bertz CT molecular complexity index is 3210. The largest absolute Gasteiger partial charge is 0.310 e. The topological polar surface area (TPSA) is 3.24 Å². The predicted molar refractivity (Wildman–Crippen MR) is 255 cm³/mol. The number of benzene rings is 9. The van der Waals surface area contributed by atoms with E-state index in [2.05, 4.69) is 221 Å². The van der Waals surface area contributed by atoms with Gasteiger partial charge in [-0.3, -0.25) is 0 Å². The molecule has 0 N–H and O–H groups in total. The van der Waals surface area contributed by atoms with Gasteiger partial charge in [-0.2, -0.15) is 0 Å².